The van der Waals surface area contributed by atoms with Gasteiger partial charge in [0.2, 0.25) is 0 Å². The van der Waals surface area contributed by atoms with Gasteiger partial charge in [-0.05, 0) is 18.6 Å². The number of carbonyl (C=O) groups is 1. The number of carboxylic acid groups (broad SMARTS) is 1. The summed E-state index contributed by atoms with van der Waals surface area (Å²) in [4.78, 5) is 13.3. The zero-order valence-corrected chi connectivity index (χ0v) is 8.10. The van der Waals surface area contributed by atoms with Gasteiger partial charge < -0.3 is 5.11 Å². The Labute approximate surface area is 83.4 Å². The van der Waals surface area contributed by atoms with Crippen LogP contribution in [0.5, 0.6) is 0 Å². The smallest absolute Gasteiger partial charge is 0.327 e. The summed E-state index contributed by atoms with van der Waals surface area (Å²) in [7, 11) is 0. The van der Waals surface area contributed by atoms with Crippen LogP contribution >= 0.6 is 0 Å². The van der Waals surface area contributed by atoms with E-state index in [1.165, 1.54) is 0 Å². The van der Waals surface area contributed by atoms with Crippen LogP contribution in [0.1, 0.15) is 11.3 Å². The number of pyridine rings is 1. The highest BCUT2D eigenvalue weighted by molar-refractivity contribution is 5.78. The summed E-state index contributed by atoms with van der Waals surface area (Å²) in [6.07, 6.45) is 4.43. The fraction of sp³-hybridized carbons (Fsp3) is 0.0909. The van der Waals surface area contributed by atoms with Crippen molar-refractivity contribution in [3.05, 3.63) is 48.8 Å². The number of rotatable bonds is 2. The Morgan fingerprint density at radius 2 is 2.07 bits per heavy atom. The van der Waals surface area contributed by atoms with Crippen molar-refractivity contribution < 1.29 is 9.90 Å². The van der Waals surface area contributed by atoms with Crippen LogP contribution in [-0.4, -0.2) is 16.1 Å². The summed E-state index contributed by atoms with van der Waals surface area (Å²) in [5, 5.41) is 7.60. The molecule has 1 N–H and O–H groups in total. The van der Waals surface area contributed by atoms with Crippen molar-refractivity contribution >= 4 is 12.0 Å². The van der Waals surface area contributed by atoms with Crippen molar-refractivity contribution in [3.8, 4) is 0 Å². The molecule has 14 heavy (non-hydrogen) atoms. The highest BCUT2D eigenvalue weighted by Gasteiger charge is 1.83. The van der Waals surface area contributed by atoms with Crippen LogP contribution < -0.4 is 0 Å². The maximum absolute atomic E-state index is 9.25. The Morgan fingerprint density at radius 1 is 1.50 bits per heavy atom. The SMILES string of the molecule is C=CC(=O)O.C=Cc1ccc(C)nc1. The van der Waals surface area contributed by atoms with Crippen molar-refractivity contribution in [2.75, 3.05) is 0 Å². The summed E-state index contributed by atoms with van der Waals surface area (Å²) in [5.41, 5.74) is 2.11. The first kappa shape index (κ1) is 12.1. The van der Waals surface area contributed by atoms with Crippen molar-refractivity contribution in [2.45, 2.75) is 6.92 Å². The second kappa shape index (κ2) is 6.60. The molecule has 0 aliphatic heterocycles. The lowest BCUT2D eigenvalue weighted by Gasteiger charge is -1.90. The van der Waals surface area contributed by atoms with E-state index in [0.29, 0.717) is 0 Å². The molecule has 0 atom stereocenters. The van der Waals surface area contributed by atoms with Crippen molar-refractivity contribution in [1.82, 2.24) is 4.98 Å². The number of hydrogen-bond acceptors (Lipinski definition) is 2. The van der Waals surface area contributed by atoms with E-state index in [2.05, 4.69) is 18.1 Å². The molecular weight excluding hydrogens is 178 g/mol. The molecule has 0 unspecified atom stereocenters. The average molecular weight is 191 g/mol. The molecule has 3 nitrogen and oxygen atoms in total. The van der Waals surface area contributed by atoms with E-state index in [-0.39, 0.29) is 0 Å². The third-order valence-corrected chi connectivity index (χ3v) is 1.34. The van der Waals surface area contributed by atoms with Gasteiger partial charge in [-0.25, -0.2) is 4.79 Å². The van der Waals surface area contributed by atoms with E-state index < -0.39 is 5.97 Å². The standard InChI is InChI=1S/C8H9N.C3H4O2/c1-3-8-5-4-7(2)9-6-8;1-2-3(4)5/h3-6H,1H2,2H3;2H,1H2,(H,4,5). The second-order valence-corrected chi connectivity index (χ2v) is 2.48. The third kappa shape index (κ3) is 5.71. The highest BCUT2D eigenvalue weighted by atomic mass is 16.4. The summed E-state index contributed by atoms with van der Waals surface area (Å²) < 4.78 is 0. The molecule has 0 saturated carbocycles. The minimum Gasteiger partial charge on any atom is -0.478 e. The van der Waals surface area contributed by atoms with Crippen molar-refractivity contribution in [3.63, 3.8) is 0 Å². The van der Waals surface area contributed by atoms with Gasteiger partial charge in [0.05, 0.1) is 0 Å². The average Bonchev–Trinajstić information content (AvgIpc) is 2.20. The second-order valence-electron chi connectivity index (χ2n) is 2.48. The Bertz CT molecular complexity index is 315. The molecule has 74 valence electrons. The summed E-state index contributed by atoms with van der Waals surface area (Å²) in [5.74, 6) is -0.981. The normalized spacial score (nSPS) is 8.07. The van der Waals surface area contributed by atoms with E-state index in [9.17, 15) is 4.79 Å². The maximum Gasteiger partial charge on any atom is 0.327 e. The molecule has 1 rings (SSSR count). The molecule has 0 radical (unpaired) electrons. The first-order chi connectivity index (χ1) is 6.60. The molecule has 0 aliphatic carbocycles. The lowest BCUT2D eigenvalue weighted by molar-refractivity contribution is -0.131. The molecule has 1 aromatic heterocycles. The molecular formula is C11H13NO2. The lowest BCUT2D eigenvalue weighted by Crippen LogP contribution is -1.82. The molecule has 0 saturated heterocycles. The Kier molecular flexibility index (Phi) is 5.70. The first-order valence-corrected chi connectivity index (χ1v) is 4.00. The molecule has 0 aromatic carbocycles. The fourth-order valence-corrected chi connectivity index (χ4v) is 0.600. The van der Waals surface area contributed by atoms with Gasteiger partial charge in [0.15, 0.2) is 0 Å². The predicted molar refractivity (Wildman–Crippen MR) is 56.9 cm³/mol. The molecule has 1 heterocycles. The van der Waals surface area contributed by atoms with Gasteiger partial charge in [0.25, 0.3) is 0 Å². The number of aryl methyl sites for hydroxylation is 1. The molecule has 0 aliphatic rings. The molecule has 0 spiro atoms. The topological polar surface area (TPSA) is 50.2 Å². The largest absolute Gasteiger partial charge is 0.478 e. The highest BCUT2D eigenvalue weighted by Crippen LogP contribution is 1.98. The number of aliphatic carboxylic acids is 1. The zero-order chi connectivity index (χ0) is 11.0. The van der Waals surface area contributed by atoms with E-state index in [4.69, 9.17) is 5.11 Å². The summed E-state index contributed by atoms with van der Waals surface area (Å²) in [6.45, 7) is 8.55. The van der Waals surface area contributed by atoms with Gasteiger partial charge in [-0.2, -0.15) is 0 Å². The number of nitrogens with zero attached hydrogens (tertiary/aromatic N) is 1. The fourth-order valence-electron chi connectivity index (χ4n) is 0.600. The van der Waals surface area contributed by atoms with Crippen LogP contribution in [0.2, 0.25) is 0 Å². The van der Waals surface area contributed by atoms with Crippen LogP contribution in [0.15, 0.2) is 37.6 Å². The Hall–Kier alpha value is -1.90. The first-order valence-electron chi connectivity index (χ1n) is 4.00. The molecule has 0 bridgehead atoms. The summed E-state index contributed by atoms with van der Waals surface area (Å²) in [6, 6.07) is 3.96. The van der Waals surface area contributed by atoms with Gasteiger partial charge in [0, 0.05) is 18.0 Å². The number of aromatic nitrogens is 1. The van der Waals surface area contributed by atoms with Gasteiger partial charge in [-0.1, -0.05) is 25.3 Å². The summed E-state index contributed by atoms with van der Waals surface area (Å²) >= 11 is 0. The van der Waals surface area contributed by atoms with Crippen LogP contribution in [0.3, 0.4) is 0 Å². The van der Waals surface area contributed by atoms with Gasteiger partial charge in [-0.15, -0.1) is 0 Å². The third-order valence-electron chi connectivity index (χ3n) is 1.34. The lowest BCUT2D eigenvalue weighted by atomic mass is 10.2. The van der Waals surface area contributed by atoms with Gasteiger partial charge >= 0.3 is 5.97 Å². The number of carboxylic acids is 1. The van der Waals surface area contributed by atoms with Crippen molar-refractivity contribution in [2.24, 2.45) is 0 Å². The quantitative estimate of drug-likeness (QED) is 0.729. The van der Waals surface area contributed by atoms with Gasteiger partial charge in [-0.3, -0.25) is 4.98 Å². The molecule has 0 amide bonds. The van der Waals surface area contributed by atoms with Crippen LogP contribution in [0, 0.1) is 6.92 Å². The minimum atomic E-state index is -0.981. The van der Waals surface area contributed by atoms with Crippen LogP contribution in [0.25, 0.3) is 6.08 Å². The monoisotopic (exact) mass is 191 g/mol. The van der Waals surface area contributed by atoms with E-state index in [0.717, 1.165) is 17.3 Å². The van der Waals surface area contributed by atoms with Gasteiger partial charge in [0.1, 0.15) is 0 Å². The van der Waals surface area contributed by atoms with E-state index >= 15 is 0 Å². The number of hydrogen-bond donors (Lipinski definition) is 1. The van der Waals surface area contributed by atoms with E-state index in [1.807, 2.05) is 25.3 Å². The Balaban J connectivity index is 0.000000292. The molecule has 1 aromatic rings. The van der Waals surface area contributed by atoms with Crippen LogP contribution in [0.4, 0.5) is 0 Å². The Morgan fingerprint density at radius 3 is 2.36 bits per heavy atom. The molecule has 3 heteroatoms. The zero-order valence-electron chi connectivity index (χ0n) is 8.10. The van der Waals surface area contributed by atoms with E-state index in [1.54, 1.807) is 6.08 Å². The minimum absolute atomic E-state index is 0.833. The molecule has 0 fully saturated rings. The van der Waals surface area contributed by atoms with Crippen molar-refractivity contribution in [1.29, 1.82) is 0 Å². The maximum atomic E-state index is 9.25. The predicted octanol–water partition coefficient (Wildman–Crippen LogP) is 2.29. The van der Waals surface area contributed by atoms with Crippen LogP contribution in [-0.2, 0) is 4.79 Å².